The number of rotatable bonds is 6. The maximum absolute atomic E-state index is 12.2. The Kier molecular flexibility index (Phi) is 5.35. The Morgan fingerprint density at radius 2 is 2.07 bits per heavy atom. The van der Waals surface area contributed by atoms with Crippen LogP contribution in [0.3, 0.4) is 0 Å². The van der Waals surface area contributed by atoms with E-state index in [1.165, 1.54) is 17.0 Å². The summed E-state index contributed by atoms with van der Waals surface area (Å²) < 4.78 is 10.7. The van der Waals surface area contributed by atoms with Crippen molar-refractivity contribution in [3.8, 4) is 5.75 Å². The number of esters is 1. The number of benzene rings is 2. The number of nitro benzene ring substituents is 1. The van der Waals surface area contributed by atoms with Crippen molar-refractivity contribution >= 4 is 23.3 Å². The molecule has 0 saturated carbocycles. The van der Waals surface area contributed by atoms with Crippen molar-refractivity contribution < 1.29 is 24.0 Å². The van der Waals surface area contributed by atoms with E-state index in [9.17, 15) is 19.7 Å². The predicted molar refractivity (Wildman–Crippen MR) is 96.5 cm³/mol. The van der Waals surface area contributed by atoms with Crippen LogP contribution in [0.4, 0.5) is 11.4 Å². The molecule has 3 rings (SSSR count). The monoisotopic (exact) mass is 370 g/mol. The van der Waals surface area contributed by atoms with E-state index in [4.69, 9.17) is 9.47 Å². The zero-order valence-electron chi connectivity index (χ0n) is 14.7. The van der Waals surface area contributed by atoms with Crippen LogP contribution < -0.4 is 9.64 Å². The number of carbonyl (C=O) groups excluding carboxylic acids is 2. The number of hydrogen-bond acceptors (Lipinski definition) is 6. The molecule has 8 heteroatoms. The minimum Gasteiger partial charge on any atom is -0.482 e. The van der Waals surface area contributed by atoms with Crippen LogP contribution >= 0.6 is 0 Å². The van der Waals surface area contributed by atoms with Crippen LogP contribution in [0.1, 0.15) is 25.0 Å². The fourth-order valence-electron chi connectivity index (χ4n) is 2.82. The molecule has 1 aliphatic rings. The summed E-state index contributed by atoms with van der Waals surface area (Å²) >= 11 is 0. The summed E-state index contributed by atoms with van der Waals surface area (Å²) in [6, 6.07) is 13.1. The van der Waals surface area contributed by atoms with Gasteiger partial charge in [-0.25, -0.2) is 0 Å². The molecule has 8 nitrogen and oxygen atoms in total. The number of nitro groups is 1. The van der Waals surface area contributed by atoms with Gasteiger partial charge in [-0.2, -0.15) is 0 Å². The SMILES string of the molecule is C[C@@H](OC(=O)CCN1C(=O)COc2ccccc21)c1cccc([N+](=O)[O-])c1. The largest absolute Gasteiger partial charge is 0.482 e. The average Bonchev–Trinajstić information content (AvgIpc) is 2.67. The molecule has 1 heterocycles. The lowest BCUT2D eigenvalue weighted by atomic mass is 10.1. The van der Waals surface area contributed by atoms with Gasteiger partial charge in [0.05, 0.1) is 17.0 Å². The standard InChI is InChI=1S/C19H18N2O6/c1-13(14-5-4-6-15(11-14)21(24)25)27-19(23)9-10-20-16-7-2-3-8-17(16)26-12-18(20)22/h2-8,11,13H,9-10,12H2,1H3/t13-/m1/s1. The van der Waals surface area contributed by atoms with Crippen LogP contribution in [0.25, 0.3) is 0 Å². The van der Waals surface area contributed by atoms with Gasteiger partial charge in [0.1, 0.15) is 11.9 Å². The lowest BCUT2D eigenvalue weighted by Gasteiger charge is -2.29. The van der Waals surface area contributed by atoms with Crippen molar-refractivity contribution in [1.29, 1.82) is 0 Å². The van der Waals surface area contributed by atoms with Gasteiger partial charge in [0, 0.05) is 18.7 Å². The van der Waals surface area contributed by atoms with E-state index in [0.29, 0.717) is 17.0 Å². The fraction of sp³-hybridized carbons (Fsp3) is 0.263. The molecule has 0 saturated heterocycles. The highest BCUT2D eigenvalue weighted by atomic mass is 16.6. The molecular formula is C19H18N2O6. The van der Waals surface area contributed by atoms with Crippen molar-refractivity contribution in [2.24, 2.45) is 0 Å². The number of hydrogen-bond donors (Lipinski definition) is 0. The Labute approximate surface area is 155 Å². The van der Waals surface area contributed by atoms with Gasteiger partial charge in [0.15, 0.2) is 6.61 Å². The highest BCUT2D eigenvalue weighted by Crippen LogP contribution is 2.31. The van der Waals surface area contributed by atoms with E-state index in [0.717, 1.165) is 0 Å². The Morgan fingerprint density at radius 1 is 1.30 bits per heavy atom. The maximum Gasteiger partial charge on any atom is 0.308 e. The number of fused-ring (bicyclic) bond motifs is 1. The zero-order valence-corrected chi connectivity index (χ0v) is 14.7. The van der Waals surface area contributed by atoms with Crippen LogP contribution in [-0.4, -0.2) is 30.0 Å². The molecular weight excluding hydrogens is 352 g/mol. The van der Waals surface area contributed by atoms with Gasteiger partial charge in [-0.15, -0.1) is 0 Å². The molecule has 1 atom stereocenters. The summed E-state index contributed by atoms with van der Waals surface area (Å²) in [5.74, 6) is -0.130. The fourth-order valence-corrected chi connectivity index (χ4v) is 2.82. The molecule has 1 amide bonds. The Hall–Kier alpha value is -3.42. The first-order valence-electron chi connectivity index (χ1n) is 8.41. The minimum atomic E-state index is -0.634. The number of anilines is 1. The number of para-hydroxylation sites is 2. The molecule has 1 aliphatic heterocycles. The third kappa shape index (κ3) is 4.22. The molecule has 0 unspecified atom stereocenters. The Balaban J connectivity index is 1.61. The molecule has 0 radical (unpaired) electrons. The number of non-ortho nitro benzene ring substituents is 1. The van der Waals surface area contributed by atoms with E-state index < -0.39 is 17.0 Å². The number of nitrogens with zero attached hydrogens (tertiary/aromatic N) is 2. The van der Waals surface area contributed by atoms with Crippen LogP contribution in [0.2, 0.25) is 0 Å². The first-order valence-corrected chi connectivity index (χ1v) is 8.41. The smallest absolute Gasteiger partial charge is 0.308 e. The minimum absolute atomic E-state index is 0.000654. The lowest BCUT2D eigenvalue weighted by Crippen LogP contribution is -2.40. The molecule has 0 N–H and O–H groups in total. The summed E-state index contributed by atoms with van der Waals surface area (Å²) in [6.45, 7) is 1.74. The van der Waals surface area contributed by atoms with Gasteiger partial charge in [-0.05, 0) is 24.6 Å². The quantitative estimate of drug-likeness (QED) is 0.440. The summed E-state index contributed by atoms with van der Waals surface area (Å²) in [6.07, 6.45) is -0.635. The molecule has 0 bridgehead atoms. The summed E-state index contributed by atoms with van der Waals surface area (Å²) in [7, 11) is 0. The lowest BCUT2D eigenvalue weighted by molar-refractivity contribution is -0.385. The van der Waals surface area contributed by atoms with Crippen LogP contribution in [0.15, 0.2) is 48.5 Å². The van der Waals surface area contributed by atoms with Crippen molar-refractivity contribution in [2.45, 2.75) is 19.4 Å². The second-order valence-corrected chi connectivity index (χ2v) is 6.04. The number of ether oxygens (including phenoxy) is 2. The highest BCUT2D eigenvalue weighted by Gasteiger charge is 2.26. The van der Waals surface area contributed by atoms with E-state index in [1.807, 2.05) is 6.07 Å². The van der Waals surface area contributed by atoms with Crippen LogP contribution in [0.5, 0.6) is 5.75 Å². The van der Waals surface area contributed by atoms with E-state index in [2.05, 4.69) is 0 Å². The predicted octanol–water partition coefficient (Wildman–Crippen LogP) is 3.01. The normalized spacial score (nSPS) is 14.1. The molecule has 2 aromatic carbocycles. The van der Waals surface area contributed by atoms with Gasteiger partial charge >= 0.3 is 5.97 Å². The van der Waals surface area contributed by atoms with Crippen LogP contribution in [0, 0.1) is 10.1 Å². The van der Waals surface area contributed by atoms with E-state index >= 15 is 0 Å². The van der Waals surface area contributed by atoms with E-state index in [1.54, 1.807) is 37.3 Å². The first kappa shape index (κ1) is 18.4. The summed E-state index contributed by atoms with van der Waals surface area (Å²) in [5.41, 5.74) is 1.09. The topological polar surface area (TPSA) is 99.0 Å². The molecule has 140 valence electrons. The summed E-state index contributed by atoms with van der Waals surface area (Å²) in [5, 5.41) is 10.9. The molecule has 0 aliphatic carbocycles. The first-order chi connectivity index (χ1) is 13.0. The Bertz CT molecular complexity index is 882. The van der Waals surface area contributed by atoms with Crippen molar-refractivity contribution in [3.05, 3.63) is 64.2 Å². The van der Waals surface area contributed by atoms with Crippen molar-refractivity contribution in [3.63, 3.8) is 0 Å². The number of carbonyl (C=O) groups is 2. The highest BCUT2D eigenvalue weighted by molar-refractivity contribution is 5.98. The van der Waals surface area contributed by atoms with Gasteiger partial charge in [0.25, 0.3) is 11.6 Å². The average molecular weight is 370 g/mol. The van der Waals surface area contributed by atoms with Crippen molar-refractivity contribution in [2.75, 3.05) is 18.1 Å². The molecule has 0 aromatic heterocycles. The zero-order chi connectivity index (χ0) is 19.4. The van der Waals surface area contributed by atoms with E-state index in [-0.39, 0.29) is 31.2 Å². The molecule has 0 fully saturated rings. The summed E-state index contributed by atoms with van der Waals surface area (Å²) in [4.78, 5) is 36.1. The molecule has 27 heavy (non-hydrogen) atoms. The second kappa shape index (κ2) is 7.86. The molecule has 2 aromatic rings. The third-order valence-electron chi connectivity index (χ3n) is 4.21. The van der Waals surface area contributed by atoms with Crippen LogP contribution in [-0.2, 0) is 14.3 Å². The second-order valence-electron chi connectivity index (χ2n) is 6.04. The van der Waals surface area contributed by atoms with Crippen molar-refractivity contribution in [1.82, 2.24) is 0 Å². The van der Waals surface area contributed by atoms with Gasteiger partial charge in [0.2, 0.25) is 0 Å². The van der Waals surface area contributed by atoms with Gasteiger partial charge < -0.3 is 14.4 Å². The van der Waals surface area contributed by atoms with Gasteiger partial charge in [-0.1, -0.05) is 24.3 Å². The van der Waals surface area contributed by atoms with Gasteiger partial charge in [-0.3, -0.25) is 19.7 Å². The number of amides is 1. The molecule has 0 spiro atoms. The third-order valence-corrected chi connectivity index (χ3v) is 4.21. The Morgan fingerprint density at radius 3 is 2.85 bits per heavy atom. The maximum atomic E-state index is 12.2.